The Morgan fingerprint density at radius 2 is 1.85 bits per heavy atom. The first-order valence-electron chi connectivity index (χ1n) is 8.10. The summed E-state index contributed by atoms with van der Waals surface area (Å²) in [5, 5.41) is 3.28. The van der Waals surface area contributed by atoms with Crippen LogP contribution in [0.1, 0.15) is 23.7 Å². The molecule has 0 aromatic heterocycles. The smallest absolute Gasteiger partial charge is 0.255 e. The minimum absolute atomic E-state index is 0.0279. The molecule has 0 radical (unpaired) electrons. The molecule has 0 aliphatic heterocycles. The van der Waals surface area contributed by atoms with Crippen LogP contribution in [-0.2, 0) is 10.0 Å². The first-order valence-corrected chi connectivity index (χ1v) is 10.1. The van der Waals surface area contributed by atoms with E-state index in [0.717, 1.165) is 5.69 Å². The molecule has 2 rings (SSSR count). The molecule has 8 heteroatoms. The Morgan fingerprint density at radius 3 is 2.46 bits per heavy atom. The second-order valence-corrected chi connectivity index (χ2v) is 8.27. The summed E-state index contributed by atoms with van der Waals surface area (Å²) >= 11 is 6.21. The number of halogens is 1. The lowest BCUT2D eigenvalue weighted by Crippen LogP contribution is -2.17. The summed E-state index contributed by atoms with van der Waals surface area (Å²) < 4.78 is 26.2. The van der Waals surface area contributed by atoms with Crippen molar-refractivity contribution in [2.24, 2.45) is 0 Å². The highest BCUT2D eigenvalue weighted by atomic mass is 35.5. The quantitative estimate of drug-likeness (QED) is 0.747. The zero-order chi connectivity index (χ0) is 19.3. The Labute approximate surface area is 159 Å². The van der Waals surface area contributed by atoms with Gasteiger partial charge in [0.25, 0.3) is 5.91 Å². The predicted molar refractivity (Wildman–Crippen MR) is 108 cm³/mol. The van der Waals surface area contributed by atoms with E-state index in [2.05, 4.69) is 10.0 Å². The van der Waals surface area contributed by atoms with E-state index in [0.29, 0.717) is 28.4 Å². The Kier molecular flexibility index (Phi) is 6.50. The van der Waals surface area contributed by atoms with E-state index in [9.17, 15) is 13.2 Å². The Balaban J connectivity index is 2.15. The third-order valence-electron chi connectivity index (χ3n) is 3.56. The molecule has 0 saturated heterocycles. The molecule has 26 heavy (non-hydrogen) atoms. The van der Waals surface area contributed by atoms with Gasteiger partial charge in [-0.2, -0.15) is 0 Å². The van der Waals surface area contributed by atoms with Gasteiger partial charge in [0.15, 0.2) is 0 Å². The molecule has 2 N–H and O–H groups in total. The van der Waals surface area contributed by atoms with Gasteiger partial charge in [-0.3, -0.25) is 9.52 Å². The summed E-state index contributed by atoms with van der Waals surface area (Å²) in [5.41, 5.74) is 2.10. The van der Waals surface area contributed by atoms with Crippen LogP contribution >= 0.6 is 11.6 Å². The third kappa shape index (κ3) is 5.37. The molecule has 6 nitrogen and oxygen atoms in total. The summed E-state index contributed by atoms with van der Waals surface area (Å²) in [6, 6.07) is 11.6. The summed E-state index contributed by atoms with van der Waals surface area (Å²) in [7, 11) is 0.351. The molecular formula is C18H22ClN3O3S. The van der Waals surface area contributed by atoms with Crippen molar-refractivity contribution in [2.75, 3.05) is 34.8 Å². The minimum atomic E-state index is -3.41. The third-order valence-corrected chi connectivity index (χ3v) is 5.35. The average molecular weight is 396 g/mol. The van der Waals surface area contributed by atoms with E-state index in [1.165, 1.54) is 6.07 Å². The van der Waals surface area contributed by atoms with Crippen molar-refractivity contribution in [1.82, 2.24) is 0 Å². The van der Waals surface area contributed by atoms with Gasteiger partial charge < -0.3 is 10.2 Å². The lowest BCUT2D eigenvalue weighted by atomic mass is 10.2. The second kappa shape index (κ2) is 8.42. The summed E-state index contributed by atoms with van der Waals surface area (Å²) in [4.78, 5) is 14.3. The lowest BCUT2D eigenvalue weighted by Gasteiger charge is -2.15. The van der Waals surface area contributed by atoms with Gasteiger partial charge in [-0.1, -0.05) is 24.6 Å². The molecule has 0 fully saturated rings. The fourth-order valence-electron chi connectivity index (χ4n) is 2.37. The number of nitrogens with zero attached hydrogens (tertiary/aromatic N) is 1. The van der Waals surface area contributed by atoms with Crippen LogP contribution in [0, 0.1) is 0 Å². The molecule has 0 unspecified atom stereocenters. The number of carbonyl (C=O) groups is 1. The van der Waals surface area contributed by atoms with Gasteiger partial charge in [0.1, 0.15) is 0 Å². The van der Waals surface area contributed by atoms with Crippen LogP contribution in [0.2, 0.25) is 5.02 Å². The van der Waals surface area contributed by atoms with Crippen molar-refractivity contribution in [3.8, 4) is 0 Å². The number of hydrogen-bond acceptors (Lipinski definition) is 4. The maximum absolute atomic E-state index is 12.4. The molecule has 0 bridgehead atoms. The molecule has 140 valence electrons. The number of anilines is 3. The van der Waals surface area contributed by atoms with Gasteiger partial charge in [-0.15, -0.1) is 0 Å². The highest BCUT2D eigenvalue weighted by molar-refractivity contribution is 7.92. The van der Waals surface area contributed by atoms with Gasteiger partial charge in [0.05, 0.1) is 16.5 Å². The molecule has 0 aliphatic carbocycles. The summed E-state index contributed by atoms with van der Waals surface area (Å²) in [5.74, 6) is -0.324. The van der Waals surface area contributed by atoms with Gasteiger partial charge in [0, 0.05) is 31.0 Å². The van der Waals surface area contributed by atoms with E-state index in [4.69, 9.17) is 11.6 Å². The molecule has 0 heterocycles. The van der Waals surface area contributed by atoms with Crippen molar-refractivity contribution >= 4 is 44.6 Å². The number of nitrogens with one attached hydrogen (secondary N) is 2. The van der Waals surface area contributed by atoms with E-state index in [1.54, 1.807) is 37.3 Å². The van der Waals surface area contributed by atoms with E-state index < -0.39 is 10.0 Å². The number of carbonyl (C=O) groups excluding carboxylic acids is 1. The Bertz CT molecular complexity index is 898. The Morgan fingerprint density at radius 1 is 1.12 bits per heavy atom. The number of rotatable bonds is 7. The highest BCUT2D eigenvalue weighted by Crippen LogP contribution is 2.27. The van der Waals surface area contributed by atoms with Gasteiger partial charge in [-0.05, 0) is 42.8 Å². The summed E-state index contributed by atoms with van der Waals surface area (Å²) in [6.45, 7) is 1.79. The monoisotopic (exact) mass is 395 g/mol. The highest BCUT2D eigenvalue weighted by Gasteiger charge is 2.12. The van der Waals surface area contributed by atoms with Crippen LogP contribution in [0.4, 0.5) is 17.1 Å². The van der Waals surface area contributed by atoms with Crippen molar-refractivity contribution in [1.29, 1.82) is 0 Å². The van der Waals surface area contributed by atoms with Crippen LogP contribution in [0.25, 0.3) is 0 Å². The van der Waals surface area contributed by atoms with Crippen molar-refractivity contribution in [3.63, 3.8) is 0 Å². The number of sulfonamides is 1. The van der Waals surface area contributed by atoms with Crippen LogP contribution < -0.4 is 14.9 Å². The standard InChI is InChI=1S/C18H22ClN3O3S/c1-4-10-26(24,25)21-15-7-5-6-13(11-15)18(23)20-14-8-9-17(22(2)3)16(19)12-14/h5-9,11-12,21H,4,10H2,1-3H3,(H,20,23). The number of hydrogen-bond donors (Lipinski definition) is 2. The topological polar surface area (TPSA) is 78.5 Å². The average Bonchev–Trinajstić information content (AvgIpc) is 2.54. The molecule has 0 aliphatic rings. The lowest BCUT2D eigenvalue weighted by molar-refractivity contribution is 0.102. The maximum atomic E-state index is 12.4. The summed E-state index contributed by atoms with van der Waals surface area (Å²) in [6.07, 6.45) is 0.513. The molecule has 0 saturated carbocycles. The molecule has 2 aromatic carbocycles. The first-order chi connectivity index (χ1) is 12.2. The SMILES string of the molecule is CCCS(=O)(=O)Nc1cccc(C(=O)Nc2ccc(N(C)C)c(Cl)c2)c1. The minimum Gasteiger partial charge on any atom is -0.376 e. The van der Waals surface area contributed by atoms with E-state index in [1.807, 2.05) is 25.1 Å². The largest absolute Gasteiger partial charge is 0.376 e. The predicted octanol–water partition coefficient (Wildman–Crippen LogP) is 3.81. The van der Waals surface area contributed by atoms with Crippen molar-refractivity contribution in [3.05, 3.63) is 53.1 Å². The van der Waals surface area contributed by atoms with Crippen LogP contribution in [0.3, 0.4) is 0 Å². The number of amides is 1. The van der Waals surface area contributed by atoms with E-state index >= 15 is 0 Å². The fourth-order valence-corrected chi connectivity index (χ4v) is 3.85. The van der Waals surface area contributed by atoms with Gasteiger partial charge in [0.2, 0.25) is 10.0 Å². The fraction of sp³-hybridized carbons (Fsp3) is 0.278. The first kappa shape index (κ1) is 20.1. The van der Waals surface area contributed by atoms with Gasteiger partial charge in [-0.25, -0.2) is 8.42 Å². The second-order valence-electron chi connectivity index (χ2n) is 6.02. The zero-order valence-corrected chi connectivity index (χ0v) is 16.5. The molecule has 0 spiro atoms. The van der Waals surface area contributed by atoms with Crippen molar-refractivity contribution < 1.29 is 13.2 Å². The van der Waals surface area contributed by atoms with Gasteiger partial charge >= 0.3 is 0 Å². The van der Waals surface area contributed by atoms with E-state index in [-0.39, 0.29) is 11.7 Å². The molecule has 0 atom stereocenters. The molecular weight excluding hydrogens is 374 g/mol. The molecule has 1 amide bonds. The number of benzene rings is 2. The van der Waals surface area contributed by atoms with Crippen LogP contribution in [0.15, 0.2) is 42.5 Å². The Hall–Kier alpha value is -2.25. The van der Waals surface area contributed by atoms with Crippen LogP contribution in [0.5, 0.6) is 0 Å². The van der Waals surface area contributed by atoms with Crippen molar-refractivity contribution in [2.45, 2.75) is 13.3 Å². The normalized spacial score (nSPS) is 11.1. The molecule has 2 aromatic rings. The zero-order valence-electron chi connectivity index (χ0n) is 14.9. The van der Waals surface area contributed by atoms with Crippen LogP contribution in [-0.4, -0.2) is 34.2 Å². The maximum Gasteiger partial charge on any atom is 0.255 e.